The fourth-order valence-corrected chi connectivity index (χ4v) is 5.01. The molecule has 2 amide bonds. The molecule has 248 valence electrons. The van der Waals surface area contributed by atoms with E-state index < -0.39 is 41.4 Å². The zero-order chi connectivity index (χ0) is 33.6. The number of hydrogen-bond donors (Lipinski definition) is 2. The molecule has 2 rings (SSSR count). The lowest BCUT2D eigenvalue weighted by Crippen LogP contribution is -2.45. The van der Waals surface area contributed by atoms with Crippen LogP contribution in [0.5, 0.6) is 5.75 Å². The normalized spacial score (nSPS) is 12.0. The molecule has 45 heavy (non-hydrogen) atoms. The van der Waals surface area contributed by atoms with Crippen molar-refractivity contribution in [3.05, 3.63) is 54.1 Å². The van der Waals surface area contributed by atoms with Crippen LogP contribution in [0, 0.1) is 0 Å². The monoisotopic (exact) mass is 851 g/mol. The van der Waals surface area contributed by atoms with Crippen molar-refractivity contribution in [1.82, 2.24) is 5.32 Å². The van der Waals surface area contributed by atoms with E-state index in [9.17, 15) is 19.2 Å². The van der Waals surface area contributed by atoms with Crippen LogP contribution in [0.25, 0.3) is 0 Å². The van der Waals surface area contributed by atoms with Gasteiger partial charge in [-0.1, -0.05) is 57.3 Å². The molecule has 11 nitrogen and oxygen atoms in total. The van der Waals surface area contributed by atoms with Crippen molar-refractivity contribution in [2.45, 2.75) is 78.2 Å². The Morgan fingerprint density at radius 1 is 0.800 bits per heavy atom. The summed E-state index contributed by atoms with van der Waals surface area (Å²) in [5, 5.41) is 5.20. The third-order valence-corrected chi connectivity index (χ3v) is 6.70. The zero-order valence-corrected chi connectivity index (χ0v) is 30.9. The highest BCUT2D eigenvalue weighted by Gasteiger charge is 2.29. The summed E-state index contributed by atoms with van der Waals surface area (Å²) in [4.78, 5) is 52.2. The van der Waals surface area contributed by atoms with E-state index in [2.05, 4.69) is 60.7 Å². The molecule has 13 heteroatoms. The van der Waals surface area contributed by atoms with Gasteiger partial charge in [0.1, 0.15) is 29.6 Å². The van der Waals surface area contributed by atoms with Gasteiger partial charge in [0.05, 0.1) is 0 Å². The Hall–Kier alpha value is -2.82. The van der Waals surface area contributed by atoms with Crippen LogP contribution in [0.1, 0.15) is 59.9 Å². The number of rotatable bonds is 14. The molecule has 2 N–H and O–H groups in total. The number of ether oxygens (including phenoxy) is 4. The van der Waals surface area contributed by atoms with Gasteiger partial charge in [0, 0.05) is 39.7 Å². The molecule has 0 fully saturated rings. The standard InChI is InChI=1S/C32H43I2N3O8/c1-31(2,3)44-27(38)16-15-26(28(39)45-32(4,5)6)36-30(41)43-25-13-7-22(8-14-25)21-42-29(40)35-23-9-11-24(12-10-23)37(19-17-33)20-18-34/h7-14,26H,15-21H2,1-6H3,(H,35,40)(H,36,41)/t26-/m0/s1. The molecule has 0 saturated carbocycles. The van der Waals surface area contributed by atoms with Gasteiger partial charge in [-0.05, 0) is 89.9 Å². The zero-order valence-electron chi connectivity index (χ0n) is 26.6. The number of halogens is 2. The smallest absolute Gasteiger partial charge is 0.413 e. The Morgan fingerprint density at radius 2 is 1.38 bits per heavy atom. The summed E-state index contributed by atoms with van der Waals surface area (Å²) in [5.41, 5.74) is 0.918. The molecule has 0 unspecified atom stereocenters. The Kier molecular flexibility index (Phi) is 15.6. The molecule has 0 heterocycles. The van der Waals surface area contributed by atoms with Crippen LogP contribution in [0.15, 0.2) is 48.5 Å². The first-order chi connectivity index (χ1) is 21.1. The highest BCUT2D eigenvalue weighted by molar-refractivity contribution is 14.1. The highest BCUT2D eigenvalue weighted by Crippen LogP contribution is 2.20. The quantitative estimate of drug-likeness (QED) is 0.0890. The van der Waals surface area contributed by atoms with Crippen molar-refractivity contribution in [2.75, 3.05) is 32.2 Å². The van der Waals surface area contributed by atoms with Crippen molar-refractivity contribution < 1.29 is 38.1 Å². The lowest BCUT2D eigenvalue weighted by atomic mass is 10.1. The van der Waals surface area contributed by atoms with Gasteiger partial charge in [-0.25, -0.2) is 14.4 Å². The van der Waals surface area contributed by atoms with E-state index >= 15 is 0 Å². The minimum atomic E-state index is -1.13. The van der Waals surface area contributed by atoms with Gasteiger partial charge in [0.15, 0.2) is 0 Å². The molecule has 0 radical (unpaired) electrons. The maximum atomic E-state index is 12.7. The summed E-state index contributed by atoms with van der Waals surface area (Å²) >= 11 is 4.72. The molecule has 0 saturated heterocycles. The second-order valence-corrected chi connectivity index (χ2v) is 14.2. The highest BCUT2D eigenvalue weighted by atomic mass is 127. The predicted octanol–water partition coefficient (Wildman–Crippen LogP) is 7.03. The number of carbonyl (C=O) groups excluding carboxylic acids is 4. The molecule has 2 aromatic rings. The van der Waals surface area contributed by atoms with E-state index in [-0.39, 0.29) is 25.2 Å². The van der Waals surface area contributed by atoms with Gasteiger partial charge in [0.25, 0.3) is 0 Å². The van der Waals surface area contributed by atoms with Gasteiger partial charge in [-0.3, -0.25) is 10.1 Å². The fourth-order valence-electron chi connectivity index (χ4n) is 3.84. The van der Waals surface area contributed by atoms with Crippen molar-refractivity contribution >= 4 is 80.7 Å². The van der Waals surface area contributed by atoms with Gasteiger partial charge in [-0.15, -0.1) is 0 Å². The summed E-state index contributed by atoms with van der Waals surface area (Å²) in [6, 6.07) is 12.9. The second kappa shape index (κ2) is 18.4. The third kappa shape index (κ3) is 15.8. The fraction of sp³-hybridized carbons (Fsp3) is 0.500. The van der Waals surface area contributed by atoms with Crippen LogP contribution in [0.2, 0.25) is 0 Å². The van der Waals surface area contributed by atoms with Crippen LogP contribution >= 0.6 is 45.2 Å². The molecule has 0 aromatic heterocycles. The molecule has 0 aliphatic heterocycles. The number of nitrogens with zero attached hydrogens (tertiary/aromatic N) is 1. The Balaban J connectivity index is 1.89. The lowest BCUT2D eigenvalue weighted by Gasteiger charge is -2.25. The molecule has 1 atom stereocenters. The topological polar surface area (TPSA) is 132 Å². The number of hydrogen-bond acceptors (Lipinski definition) is 9. The molecule has 0 spiro atoms. The first-order valence-electron chi connectivity index (χ1n) is 14.5. The van der Waals surface area contributed by atoms with Crippen LogP contribution in [-0.2, 0) is 30.4 Å². The number of benzene rings is 2. The van der Waals surface area contributed by atoms with Crippen LogP contribution < -0.4 is 20.3 Å². The molecular formula is C32H43I2N3O8. The van der Waals surface area contributed by atoms with Crippen molar-refractivity contribution in [1.29, 1.82) is 0 Å². The van der Waals surface area contributed by atoms with Gasteiger partial charge in [0.2, 0.25) is 0 Å². The number of alkyl halides is 2. The number of carbonyl (C=O) groups is 4. The average molecular weight is 852 g/mol. The van der Waals surface area contributed by atoms with Gasteiger partial charge >= 0.3 is 24.1 Å². The van der Waals surface area contributed by atoms with Crippen LogP contribution in [0.3, 0.4) is 0 Å². The van der Waals surface area contributed by atoms with E-state index in [1.165, 1.54) is 12.1 Å². The van der Waals surface area contributed by atoms with E-state index in [4.69, 9.17) is 18.9 Å². The summed E-state index contributed by atoms with van der Waals surface area (Å²) in [6.07, 6.45) is -1.63. The predicted molar refractivity (Wildman–Crippen MR) is 191 cm³/mol. The molecule has 0 aliphatic rings. The van der Waals surface area contributed by atoms with Crippen LogP contribution in [0.4, 0.5) is 21.0 Å². The number of nitrogens with one attached hydrogen (secondary N) is 2. The van der Waals surface area contributed by atoms with Gasteiger partial charge < -0.3 is 29.2 Å². The summed E-state index contributed by atoms with van der Waals surface area (Å²) in [6.45, 7) is 12.2. The van der Waals surface area contributed by atoms with E-state index in [0.717, 1.165) is 27.6 Å². The number of esters is 2. The van der Waals surface area contributed by atoms with Crippen molar-refractivity contribution in [3.8, 4) is 5.75 Å². The van der Waals surface area contributed by atoms with Gasteiger partial charge in [-0.2, -0.15) is 0 Å². The first kappa shape index (κ1) is 38.4. The SMILES string of the molecule is CC(C)(C)OC(=O)CC[C@H](NC(=O)Oc1ccc(COC(=O)Nc2ccc(N(CCI)CCI)cc2)cc1)C(=O)OC(C)(C)C. The van der Waals surface area contributed by atoms with Crippen molar-refractivity contribution in [2.24, 2.45) is 0 Å². The average Bonchev–Trinajstić information content (AvgIpc) is 2.93. The lowest BCUT2D eigenvalue weighted by molar-refractivity contribution is -0.158. The Bertz CT molecular complexity index is 1250. The molecule has 0 aliphatic carbocycles. The molecular weight excluding hydrogens is 808 g/mol. The molecule has 2 aromatic carbocycles. The Morgan fingerprint density at radius 3 is 1.91 bits per heavy atom. The van der Waals surface area contributed by atoms with E-state index in [1.807, 2.05) is 24.3 Å². The first-order valence-corrected chi connectivity index (χ1v) is 17.6. The second-order valence-electron chi connectivity index (χ2n) is 12.0. The minimum absolute atomic E-state index is 0.000867. The summed E-state index contributed by atoms with van der Waals surface area (Å²) in [5.74, 6) is -0.995. The maximum Gasteiger partial charge on any atom is 0.413 e. The maximum absolute atomic E-state index is 12.7. The largest absolute Gasteiger partial charge is 0.460 e. The van der Waals surface area contributed by atoms with Crippen LogP contribution in [-0.4, -0.2) is 63.3 Å². The van der Waals surface area contributed by atoms with Crippen molar-refractivity contribution in [3.63, 3.8) is 0 Å². The van der Waals surface area contributed by atoms with E-state index in [1.54, 1.807) is 53.7 Å². The minimum Gasteiger partial charge on any atom is -0.460 e. The number of amides is 2. The number of anilines is 2. The summed E-state index contributed by atoms with van der Waals surface area (Å²) < 4.78 is 23.4. The van der Waals surface area contributed by atoms with E-state index in [0.29, 0.717) is 11.3 Å². The third-order valence-electron chi connectivity index (χ3n) is 5.73. The summed E-state index contributed by atoms with van der Waals surface area (Å²) in [7, 11) is 0. The molecule has 0 bridgehead atoms. The Labute approximate surface area is 292 Å².